The highest BCUT2D eigenvalue weighted by molar-refractivity contribution is 7.71. The number of carboxylic acid groups (broad SMARTS) is 1. The molecule has 0 atom stereocenters. The van der Waals surface area contributed by atoms with Crippen molar-refractivity contribution in [3.63, 3.8) is 0 Å². The second-order valence-corrected chi connectivity index (χ2v) is 9.13. The van der Waals surface area contributed by atoms with E-state index in [1.165, 1.54) is 21.1 Å². The quantitative estimate of drug-likeness (QED) is 0.222. The van der Waals surface area contributed by atoms with Crippen LogP contribution in [0.25, 0.3) is 16.9 Å². The van der Waals surface area contributed by atoms with Gasteiger partial charge in [-0.05, 0) is 60.1 Å². The fraction of sp³-hybridized carbons (Fsp3) is 0.160. The van der Waals surface area contributed by atoms with Gasteiger partial charge in [0.1, 0.15) is 11.4 Å². The number of oxazole rings is 1. The smallest absolute Gasteiger partial charge is 0.419 e. The van der Waals surface area contributed by atoms with Crippen molar-refractivity contribution in [2.45, 2.75) is 20.0 Å². The Morgan fingerprint density at radius 2 is 1.74 bits per heavy atom. The molecule has 39 heavy (non-hydrogen) atoms. The summed E-state index contributed by atoms with van der Waals surface area (Å²) in [7, 11) is 1.59. The molecule has 0 saturated heterocycles. The average molecular weight is 548 g/mol. The van der Waals surface area contributed by atoms with E-state index >= 15 is 0 Å². The Hall–Kier alpha value is -5.11. The van der Waals surface area contributed by atoms with E-state index in [2.05, 4.69) is 25.8 Å². The standard InChI is InChI=1S/C25H21N7O6S/c1-12-7-13(3-5-15(12)22(35)36)10-26-20(33)16-9-18(32-23(28-16)29-30-24(32)39)21(34)27-11-14-4-6-19-17(8-14)31(2)25(37)38-19/h3-9H,10-11H2,1-2H3,(H,26,33)(H,27,34)(H,30,39)(H,35,36). The maximum absolute atomic E-state index is 13.2. The molecular formula is C25H21N7O6S. The molecule has 0 saturated carbocycles. The first kappa shape index (κ1) is 25.5. The lowest BCUT2D eigenvalue weighted by molar-refractivity contribution is 0.0695. The molecule has 14 heteroatoms. The maximum Gasteiger partial charge on any atom is 0.419 e. The summed E-state index contributed by atoms with van der Waals surface area (Å²) in [6.45, 7) is 1.90. The monoisotopic (exact) mass is 547 g/mol. The summed E-state index contributed by atoms with van der Waals surface area (Å²) >= 11 is 5.25. The molecule has 198 valence electrons. The minimum absolute atomic E-state index is 0.0364. The van der Waals surface area contributed by atoms with Gasteiger partial charge in [0.25, 0.3) is 17.6 Å². The third-order valence-corrected chi connectivity index (χ3v) is 6.41. The fourth-order valence-corrected chi connectivity index (χ4v) is 4.33. The Morgan fingerprint density at radius 1 is 1.05 bits per heavy atom. The van der Waals surface area contributed by atoms with Crippen LogP contribution in [0.5, 0.6) is 0 Å². The number of aromatic amines is 1. The summed E-state index contributed by atoms with van der Waals surface area (Å²) in [4.78, 5) is 53.3. The number of carbonyl (C=O) groups excluding carboxylic acids is 2. The van der Waals surface area contributed by atoms with E-state index in [0.29, 0.717) is 22.2 Å². The molecule has 0 aliphatic rings. The average Bonchev–Trinajstić information content (AvgIpc) is 3.43. The topological polar surface area (TPSA) is 177 Å². The number of aryl methyl sites for hydroxylation is 2. The second kappa shape index (κ2) is 9.98. The molecule has 0 bridgehead atoms. The summed E-state index contributed by atoms with van der Waals surface area (Å²) in [6.07, 6.45) is 0. The molecule has 0 unspecified atom stereocenters. The normalized spacial score (nSPS) is 11.1. The van der Waals surface area contributed by atoms with Crippen LogP contribution in [0.3, 0.4) is 0 Å². The first-order valence-corrected chi connectivity index (χ1v) is 12.0. The number of nitrogens with zero attached hydrogens (tertiary/aromatic N) is 4. The fourth-order valence-electron chi connectivity index (χ4n) is 4.10. The van der Waals surface area contributed by atoms with E-state index in [9.17, 15) is 24.3 Å². The van der Waals surface area contributed by atoms with Crippen molar-refractivity contribution in [3.05, 3.63) is 91.4 Å². The van der Waals surface area contributed by atoms with E-state index in [-0.39, 0.29) is 40.6 Å². The Kier molecular flexibility index (Phi) is 6.54. The third-order valence-electron chi connectivity index (χ3n) is 6.14. The molecule has 5 aromatic rings. The van der Waals surface area contributed by atoms with Crippen molar-refractivity contribution < 1.29 is 23.9 Å². The highest BCUT2D eigenvalue weighted by atomic mass is 32.1. The van der Waals surface area contributed by atoms with E-state index in [1.54, 1.807) is 44.3 Å². The maximum atomic E-state index is 13.2. The summed E-state index contributed by atoms with van der Waals surface area (Å²) in [6, 6.07) is 11.2. The Bertz CT molecular complexity index is 1920. The molecule has 5 rings (SSSR count). The molecule has 4 N–H and O–H groups in total. The van der Waals surface area contributed by atoms with Crippen LogP contribution in [0.4, 0.5) is 0 Å². The van der Waals surface area contributed by atoms with Gasteiger partial charge in [-0.2, -0.15) is 0 Å². The minimum atomic E-state index is -1.03. The van der Waals surface area contributed by atoms with Crippen molar-refractivity contribution >= 4 is 46.9 Å². The van der Waals surface area contributed by atoms with Crippen molar-refractivity contribution in [2.75, 3.05) is 0 Å². The molecule has 13 nitrogen and oxygen atoms in total. The van der Waals surface area contributed by atoms with Gasteiger partial charge in [0.2, 0.25) is 4.77 Å². The van der Waals surface area contributed by atoms with E-state index in [4.69, 9.17) is 16.6 Å². The van der Waals surface area contributed by atoms with Crippen LogP contribution in [0.15, 0.2) is 51.7 Å². The van der Waals surface area contributed by atoms with Gasteiger partial charge >= 0.3 is 11.7 Å². The van der Waals surface area contributed by atoms with Gasteiger partial charge in [-0.15, -0.1) is 5.10 Å². The van der Waals surface area contributed by atoms with Crippen LogP contribution >= 0.6 is 12.2 Å². The number of fused-ring (bicyclic) bond motifs is 2. The number of carbonyl (C=O) groups is 3. The van der Waals surface area contributed by atoms with Gasteiger partial charge in [0, 0.05) is 20.1 Å². The molecule has 0 aliphatic carbocycles. The van der Waals surface area contributed by atoms with Crippen molar-refractivity contribution in [3.8, 4) is 0 Å². The van der Waals surface area contributed by atoms with E-state index in [1.807, 2.05) is 0 Å². The first-order valence-electron chi connectivity index (χ1n) is 11.6. The molecule has 3 aromatic heterocycles. The number of H-pyrrole nitrogens is 1. The van der Waals surface area contributed by atoms with Gasteiger partial charge in [-0.3, -0.25) is 14.2 Å². The molecule has 0 radical (unpaired) electrons. The number of hydrogen-bond donors (Lipinski definition) is 4. The third kappa shape index (κ3) is 4.92. The summed E-state index contributed by atoms with van der Waals surface area (Å²) in [5, 5.41) is 21.3. The Balaban J connectivity index is 1.36. The number of aromatic carboxylic acids is 1. The SMILES string of the molecule is Cc1cc(CNC(=O)c2cc(C(=O)NCc3ccc4oc(=O)n(C)c4c3)n3c(=S)[nH]nc3n2)ccc1C(=O)O. The highest BCUT2D eigenvalue weighted by Crippen LogP contribution is 2.15. The summed E-state index contributed by atoms with van der Waals surface area (Å²) in [5.41, 5.74) is 3.15. The number of aromatic nitrogens is 5. The van der Waals surface area contributed by atoms with Crippen LogP contribution in [-0.4, -0.2) is 47.0 Å². The number of rotatable bonds is 7. The predicted octanol–water partition coefficient (Wildman–Crippen LogP) is 2.10. The van der Waals surface area contributed by atoms with Crippen LogP contribution in [-0.2, 0) is 20.1 Å². The van der Waals surface area contributed by atoms with Crippen LogP contribution < -0.4 is 16.4 Å². The zero-order valence-corrected chi connectivity index (χ0v) is 21.5. The van der Waals surface area contributed by atoms with Crippen molar-refractivity contribution in [1.29, 1.82) is 0 Å². The molecule has 3 heterocycles. The number of hydrogen-bond acceptors (Lipinski definition) is 8. The lowest BCUT2D eigenvalue weighted by atomic mass is 10.1. The first-order chi connectivity index (χ1) is 18.6. The lowest BCUT2D eigenvalue weighted by Crippen LogP contribution is -2.28. The number of benzene rings is 2. The zero-order valence-electron chi connectivity index (χ0n) is 20.6. The summed E-state index contributed by atoms with van der Waals surface area (Å²) < 4.78 is 7.94. The molecule has 0 fully saturated rings. The minimum Gasteiger partial charge on any atom is -0.478 e. The Labute approximate surface area is 224 Å². The van der Waals surface area contributed by atoms with Gasteiger partial charge in [-0.25, -0.2) is 24.1 Å². The van der Waals surface area contributed by atoms with Crippen LogP contribution in [0.2, 0.25) is 0 Å². The summed E-state index contributed by atoms with van der Waals surface area (Å²) in [5.74, 6) is -2.58. The lowest BCUT2D eigenvalue weighted by Gasteiger charge is -2.10. The molecule has 2 aromatic carbocycles. The van der Waals surface area contributed by atoms with Crippen LogP contribution in [0, 0.1) is 11.7 Å². The molecular weight excluding hydrogens is 526 g/mol. The van der Waals surface area contributed by atoms with E-state index in [0.717, 1.165) is 5.56 Å². The Morgan fingerprint density at radius 3 is 2.46 bits per heavy atom. The molecule has 0 aliphatic heterocycles. The van der Waals surface area contributed by atoms with Gasteiger partial charge in [-0.1, -0.05) is 18.2 Å². The molecule has 2 amide bonds. The number of nitrogens with one attached hydrogen (secondary N) is 3. The predicted molar refractivity (Wildman–Crippen MR) is 140 cm³/mol. The van der Waals surface area contributed by atoms with Crippen molar-refractivity contribution in [2.24, 2.45) is 7.05 Å². The molecule has 0 spiro atoms. The van der Waals surface area contributed by atoms with Gasteiger partial charge < -0.3 is 20.2 Å². The van der Waals surface area contributed by atoms with E-state index < -0.39 is 23.5 Å². The highest BCUT2D eigenvalue weighted by Gasteiger charge is 2.19. The van der Waals surface area contributed by atoms with Gasteiger partial charge in [0.05, 0.1) is 11.1 Å². The van der Waals surface area contributed by atoms with Crippen molar-refractivity contribution in [1.82, 2.24) is 34.8 Å². The van der Waals surface area contributed by atoms with Gasteiger partial charge in [0.15, 0.2) is 5.58 Å². The zero-order chi connectivity index (χ0) is 27.8. The van der Waals surface area contributed by atoms with Crippen LogP contribution in [0.1, 0.15) is 48.0 Å². The largest absolute Gasteiger partial charge is 0.478 e. The number of carboxylic acids is 1. The number of amides is 2. The second-order valence-electron chi connectivity index (χ2n) is 8.74.